The third-order valence-corrected chi connectivity index (χ3v) is 2.95. The number of aliphatic hydroxyl groups excluding tert-OH is 1. The molecular weight excluding hydrogens is 238 g/mol. The van der Waals surface area contributed by atoms with Gasteiger partial charge in [0.1, 0.15) is 17.3 Å². The predicted octanol–water partition coefficient (Wildman–Crippen LogP) is 2.68. The highest BCUT2D eigenvalue weighted by Crippen LogP contribution is 2.27. The predicted molar refractivity (Wildman–Crippen MR) is 70.5 cm³/mol. The standard InChI is InChI=1S/C12H20ClN3O/c1-8(2)10-11(13)15-7-16-12(10)14-6-9(3)4-5-17/h7-9,17H,4-6H2,1-3H3,(H,14,15,16). The number of rotatable bonds is 6. The molecule has 2 N–H and O–H groups in total. The van der Waals surface area contributed by atoms with Crippen LogP contribution in [0.25, 0.3) is 0 Å². The molecule has 5 heteroatoms. The summed E-state index contributed by atoms with van der Waals surface area (Å²) in [6.45, 7) is 7.19. The molecule has 4 nitrogen and oxygen atoms in total. The Balaban J connectivity index is 2.73. The second-order valence-electron chi connectivity index (χ2n) is 4.58. The first-order chi connectivity index (χ1) is 8.06. The number of aliphatic hydroxyl groups is 1. The van der Waals surface area contributed by atoms with E-state index in [4.69, 9.17) is 16.7 Å². The molecule has 0 amide bonds. The summed E-state index contributed by atoms with van der Waals surface area (Å²) in [5.74, 6) is 1.47. The van der Waals surface area contributed by atoms with Crippen LogP contribution in [0.4, 0.5) is 5.82 Å². The smallest absolute Gasteiger partial charge is 0.138 e. The Labute approximate surface area is 107 Å². The van der Waals surface area contributed by atoms with Crippen molar-refractivity contribution in [3.05, 3.63) is 17.0 Å². The van der Waals surface area contributed by atoms with Crippen LogP contribution < -0.4 is 5.32 Å². The lowest BCUT2D eigenvalue weighted by molar-refractivity contribution is 0.266. The number of nitrogens with zero attached hydrogens (tertiary/aromatic N) is 2. The number of hydrogen-bond donors (Lipinski definition) is 2. The van der Waals surface area contributed by atoms with Crippen LogP contribution in [0.2, 0.25) is 5.15 Å². The molecule has 1 atom stereocenters. The number of anilines is 1. The fourth-order valence-electron chi connectivity index (χ4n) is 1.62. The maximum atomic E-state index is 8.85. The summed E-state index contributed by atoms with van der Waals surface area (Å²) < 4.78 is 0. The summed E-state index contributed by atoms with van der Waals surface area (Å²) >= 11 is 6.07. The molecule has 1 rings (SSSR count). The van der Waals surface area contributed by atoms with Gasteiger partial charge in [0.05, 0.1) is 0 Å². The van der Waals surface area contributed by atoms with Crippen molar-refractivity contribution >= 4 is 17.4 Å². The van der Waals surface area contributed by atoms with Gasteiger partial charge in [-0.2, -0.15) is 0 Å². The Morgan fingerprint density at radius 1 is 1.35 bits per heavy atom. The minimum Gasteiger partial charge on any atom is -0.396 e. The molecule has 0 spiro atoms. The van der Waals surface area contributed by atoms with Crippen LogP contribution in [-0.4, -0.2) is 28.2 Å². The zero-order chi connectivity index (χ0) is 12.8. The molecule has 96 valence electrons. The number of nitrogens with one attached hydrogen (secondary N) is 1. The van der Waals surface area contributed by atoms with E-state index in [9.17, 15) is 0 Å². The van der Waals surface area contributed by atoms with E-state index in [0.29, 0.717) is 11.1 Å². The van der Waals surface area contributed by atoms with Gasteiger partial charge in [0.15, 0.2) is 0 Å². The summed E-state index contributed by atoms with van der Waals surface area (Å²) in [6, 6.07) is 0. The van der Waals surface area contributed by atoms with Gasteiger partial charge in [-0.15, -0.1) is 0 Å². The van der Waals surface area contributed by atoms with Crippen LogP contribution >= 0.6 is 11.6 Å². The minimum atomic E-state index is 0.213. The van der Waals surface area contributed by atoms with Crippen LogP contribution in [0.1, 0.15) is 38.7 Å². The van der Waals surface area contributed by atoms with E-state index < -0.39 is 0 Å². The first kappa shape index (κ1) is 14.2. The monoisotopic (exact) mass is 257 g/mol. The molecule has 17 heavy (non-hydrogen) atoms. The summed E-state index contributed by atoms with van der Waals surface area (Å²) in [5, 5.41) is 12.6. The molecular formula is C12H20ClN3O. The lowest BCUT2D eigenvalue weighted by Gasteiger charge is -2.16. The first-order valence-electron chi connectivity index (χ1n) is 5.91. The molecule has 0 saturated heterocycles. The van der Waals surface area contributed by atoms with Crippen molar-refractivity contribution in [1.29, 1.82) is 0 Å². The van der Waals surface area contributed by atoms with Crippen LogP contribution in [0.3, 0.4) is 0 Å². The van der Waals surface area contributed by atoms with Crippen LogP contribution in [0, 0.1) is 5.92 Å². The van der Waals surface area contributed by atoms with Gasteiger partial charge in [-0.3, -0.25) is 0 Å². The van der Waals surface area contributed by atoms with E-state index in [1.165, 1.54) is 6.33 Å². The van der Waals surface area contributed by atoms with Gasteiger partial charge in [0.2, 0.25) is 0 Å². The van der Waals surface area contributed by atoms with E-state index in [0.717, 1.165) is 24.3 Å². The van der Waals surface area contributed by atoms with Crippen molar-refractivity contribution in [1.82, 2.24) is 9.97 Å². The zero-order valence-corrected chi connectivity index (χ0v) is 11.3. The Morgan fingerprint density at radius 2 is 2.06 bits per heavy atom. The third-order valence-electron chi connectivity index (χ3n) is 2.65. The van der Waals surface area contributed by atoms with Crippen LogP contribution in [0.5, 0.6) is 0 Å². The first-order valence-corrected chi connectivity index (χ1v) is 6.29. The second-order valence-corrected chi connectivity index (χ2v) is 4.94. The summed E-state index contributed by atoms with van der Waals surface area (Å²) in [6.07, 6.45) is 2.25. The van der Waals surface area contributed by atoms with E-state index >= 15 is 0 Å². The molecule has 0 aliphatic heterocycles. The average Bonchev–Trinajstić information content (AvgIpc) is 2.26. The molecule has 1 aromatic rings. The zero-order valence-electron chi connectivity index (χ0n) is 10.6. The fourth-order valence-corrected chi connectivity index (χ4v) is 1.97. The quantitative estimate of drug-likeness (QED) is 0.770. The van der Waals surface area contributed by atoms with Crippen molar-refractivity contribution in [3.8, 4) is 0 Å². The van der Waals surface area contributed by atoms with Gasteiger partial charge >= 0.3 is 0 Å². The minimum absolute atomic E-state index is 0.213. The highest BCUT2D eigenvalue weighted by atomic mass is 35.5. The number of halogens is 1. The van der Waals surface area contributed by atoms with Crippen molar-refractivity contribution < 1.29 is 5.11 Å². The van der Waals surface area contributed by atoms with Gasteiger partial charge in [-0.05, 0) is 18.3 Å². The van der Waals surface area contributed by atoms with Crippen molar-refractivity contribution in [2.45, 2.75) is 33.1 Å². The lowest BCUT2D eigenvalue weighted by Crippen LogP contribution is -2.15. The number of hydrogen-bond acceptors (Lipinski definition) is 4. The molecule has 0 fully saturated rings. The van der Waals surface area contributed by atoms with Crippen molar-refractivity contribution in [3.63, 3.8) is 0 Å². The molecule has 1 aromatic heterocycles. The topological polar surface area (TPSA) is 58.0 Å². The molecule has 0 aliphatic rings. The number of aromatic nitrogens is 2. The van der Waals surface area contributed by atoms with E-state index in [-0.39, 0.29) is 12.5 Å². The Hall–Kier alpha value is -0.870. The molecule has 0 saturated carbocycles. The normalized spacial score (nSPS) is 12.8. The van der Waals surface area contributed by atoms with Crippen LogP contribution in [-0.2, 0) is 0 Å². The summed E-state index contributed by atoms with van der Waals surface area (Å²) in [5.41, 5.74) is 0.949. The summed E-state index contributed by atoms with van der Waals surface area (Å²) in [4.78, 5) is 8.22. The van der Waals surface area contributed by atoms with Gasteiger partial charge in [-0.25, -0.2) is 9.97 Å². The second kappa shape index (κ2) is 6.77. The Kier molecular flexibility index (Phi) is 5.65. The SMILES string of the molecule is CC(CCO)CNc1ncnc(Cl)c1C(C)C. The van der Waals surface area contributed by atoms with E-state index in [2.05, 4.69) is 36.1 Å². The van der Waals surface area contributed by atoms with Gasteiger partial charge in [0.25, 0.3) is 0 Å². The molecule has 0 radical (unpaired) electrons. The Morgan fingerprint density at radius 3 is 2.65 bits per heavy atom. The van der Waals surface area contributed by atoms with E-state index in [1.807, 2.05) is 0 Å². The van der Waals surface area contributed by atoms with Crippen molar-refractivity contribution in [2.75, 3.05) is 18.5 Å². The highest BCUT2D eigenvalue weighted by molar-refractivity contribution is 6.30. The highest BCUT2D eigenvalue weighted by Gasteiger charge is 2.13. The fraction of sp³-hybridized carbons (Fsp3) is 0.667. The third kappa shape index (κ3) is 4.13. The molecule has 1 unspecified atom stereocenters. The maximum Gasteiger partial charge on any atom is 0.138 e. The average molecular weight is 258 g/mol. The van der Waals surface area contributed by atoms with Gasteiger partial charge in [-0.1, -0.05) is 32.4 Å². The molecule has 0 bridgehead atoms. The largest absolute Gasteiger partial charge is 0.396 e. The molecule has 0 aromatic carbocycles. The van der Waals surface area contributed by atoms with Crippen molar-refractivity contribution in [2.24, 2.45) is 5.92 Å². The van der Waals surface area contributed by atoms with Gasteiger partial charge in [0, 0.05) is 18.7 Å². The van der Waals surface area contributed by atoms with Crippen LogP contribution in [0.15, 0.2) is 6.33 Å². The molecule has 1 heterocycles. The Bertz CT molecular complexity index is 358. The summed E-state index contributed by atoms with van der Waals surface area (Å²) in [7, 11) is 0. The van der Waals surface area contributed by atoms with Gasteiger partial charge < -0.3 is 10.4 Å². The maximum absolute atomic E-state index is 8.85. The molecule has 0 aliphatic carbocycles. The lowest BCUT2D eigenvalue weighted by atomic mass is 10.1. The van der Waals surface area contributed by atoms with E-state index in [1.54, 1.807) is 0 Å².